The van der Waals surface area contributed by atoms with E-state index in [-0.39, 0.29) is 17.6 Å². The number of halogens is 1. The van der Waals surface area contributed by atoms with Gasteiger partial charge in [0.2, 0.25) is 5.91 Å². The average Bonchev–Trinajstić information content (AvgIpc) is 3.05. The maximum atomic E-state index is 13.8. The molecule has 1 amide bonds. The van der Waals surface area contributed by atoms with Gasteiger partial charge < -0.3 is 14.5 Å². The predicted octanol–water partition coefficient (Wildman–Crippen LogP) is 2.69. The highest BCUT2D eigenvalue weighted by molar-refractivity contribution is 5.76. The number of amides is 1. The van der Waals surface area contributed by atoms with E-state index in [1.165, 1.54) is 6.07 Å². The molecule has 0 radical (unpaired) electrons. The molecule has 0 aliphatic carbocycles. The van der Waals surface area contributed by atoms with Crippen LogP contribution in [0, 0.1) is 17.1 Å². The van der Waals surface area contributed by atoms with Gasteiger partial charge in [-0.1, -0.05) is 6.07 Å². The Bertz CT molecular complexity index is 665. The Hall–Kier alpha value is -2.13. The molecule has 25 heavy (non-hydrogen) atoms. The number of benzene rings is 1. The summed E-state index contributed by atoms with van der Waals surface area (Å²) in [7, 11) is 0. The summed E-state index contributed by atoms with van der Waals surface area (Å²) in [6.45, 7) is 4.49. The van der Waals surface area contributed by atoms with E-state index in [1.807, 2.05) is 15.9 Å². The number of hydrogen-bond donors (Lipinski definition) is 0. The van der Waals surface area contributed by atoms with Crippen LogP contribution in [0.3, 0.4) is 0 Å². The van der Waals surface area contributed by atoms with Gasteiger partial charge in [-0.15, -0.1) is 0 Å². The lowest BCUT2D eigenvalue weighted by Crippen LogP contribution is -2.49. The summed E-state index contributed by atoms with van der Waals surface area (Å²) in [4.78, 5) is 16.2. The molecular formula is C19H24FN3O2. The summed E-state index contributed by atoms with van der Waals surface area (Å²) >= 11 is 0. The largest absolute Gasteiger partial charge is 0.375 e. The fraction of sp³-hybridized carbons (Fsp3) is 0.579. The molecule has 3 rings (SSSR count). The Morgan fingerprint density at radius 1 is 1.32 bits per heavy atom. The smallest absolute Gasteiger partial charge is 0.222 e. The standard InChI is InChI=1S/C19H24FN3O2/c1-14-5-6-15(25-14)7-8-19(24)23-11-9-22(10-12-23)18-4-2-3-17(20)16(18)13-21/h2-4,14-15H,5-12H2,1H3/t14-,15-/m1/s1. The molecule has 134 valence electrons. The summed E-state index contributed by atoms with van der Waals surface area (Å²) in [5.74, 6) is -0.341. The number of anilines is 1. The first-order chi connectivity index (χ1) is 12.1. The van der Waals surface area contributed by atoms with Crippen LogP contribution >= 0.6 is 0 Å². The molecule has 0 spiro atoms. The first-order valence-electron chi connectivity index (χ1n) is 8.95. The predicted molar refractivity (Wildman–Crippen MR) is 92.7 cm³/mol. The number of piperazine rings is 1. The highest BCUT2D eigenvalue weighted by Gasteiger charge is 2.26. The zero-order chi connectivity index (χ0) is 17.8. The minimum absolute atomic E-state index is 0.0785. The van der Waals surface area contributed by atoms with Gasteiger partial charge in [0.25, 0.3) is 0 Å². The Morgan fingerprint density at radius 3 is 2.72 bits per heavy atom. The first-order valence-corrected chi connectivity index (χ1v) is 8.95. The molecule has 0 bridgehead atoms. The fourth-order valence-electron chi connectivity index (χ4n) is 3.62. The second-order valence-electron chi connectivity index (χ2n) is 6.80. The zero-order valence-corrected chi connectivity index (χ0v) is 14.6. The number of rotatable bonds is 4. The second kappa shape index (κ2) is 7.83. The van der Waals surface area contributed by atoms with Crippen LogP contribution in [-0.2, 0) is 9.53 Å². The number of ether oxygens (including phenoxy) is 1. The minimum atomic E-state index is -0.496. The van der Waals surface area contributed by atoms with Crippen molar-refractivity contribution in [3.63, 3.8) is 0 Å². The van der Waals surface area contributed by atoms with Crippen molar-refractivity contribution in [3.8, 4) is 6.07 Å². The van der Waals surface area contributed by atoms with Crippen LogP contribution in [0.15, 0.2) is 18.2 Å². The molecule has 0 unspecified atom stereocenters. The molecule has 2 atom stereocenters. The maximum Gasteiger partial charge on any atom is 0.222 e. The lowest BCUT2D eigenvalue weighted by molar-refractivity contribution is -0.132. The SMILES string of the molecule is C[C@@H]1CC[C@H](CCC(=O)N2CCN(c3cccc(F)c3C#N)CC2)O1. The van der Waals surface area contributed by atoms with Crippen LogP contribution in [0.4, 0.5) is 10.1 Å². The molecule has 2 heterocycles. The summed E-state index contributed by atoms with van der Waals surface area (Å²) in [5, 5.41) is 9.17. The monoisotopic (exact) mass is 345 g/mol. The summed E-state index contributed by atoms with van der Waals surface area (Å²) in [6.07, 6.45) is 3.94. The second-order valence-corrected chi connectivity index (χ2v) is 6.80. The normalized spacial score (nSPS) is 23.6. The van der Waals surface area contributed by atoms with Gasteiger partial charge in [0.1, 0.15) is 17.4 Å². The van der Waals surface area contributed by atoms with Crippen molar-refractivity contribution in [2.24, 2.45) is 0 Å². The topological polar surface area (TPSA) is 56.6 Å². The highest BCUT2D eigenvalue weighted by Crippen LogP contribution is 2.25. The minimum Gasteiger partial charge on any atom is -0.375 e. The molecule has 2 aliphatic heterocycles. The Morgan fingerprint density at radius 2 is 2.08 bits per heavy atom. The third kappa shape index (κ3) is 4.10. The molecule has 2 aliphatic rings. The van der Waals surface area contributed by atoms with Crippen molar-refractivity contribution in [2.75, 3.05) is 31.1 Å². The van der Waals surface area contributed by atoms with E-state index in [9.17, 15) is 9.18 Å². The molecule has 1 aromatic rings. The van der Waals surface area contributed by atoms with E-state index < -0.39 is 5.82 Å². The third-order valence-corrected chi connectivity index (χ3v) is 5.08. The van der Waals surface area contributed by atoms with Gasteiger partial charge in [0.05, 0.1) is 17.9 Å². The summed E-state index contributed by atoms with van der Waals surface area (Å²) in [5.41, 5.74) is 0.692. The number of carbonyl (C=O) groups excluding carboxylic acids is 1. The van der Waals surface area contributed by atoms with Crippen LogP contribution in [0.25, 0.3) is 0 Å². The number of nitrogens with zero attached hydrogens (tertiary/aromatic N) is 3. The van der Waals surface area contributed by atoms with E-state index in [0.717, 1.165) is 19.3 Å². The lowest BCUT2D eigenvalue weighted by Gasteiger charge is -2.36. The van der Waals surface area contributed by atoms with Crippen molar-refractivity contribution in [1.29, 1.82) is 5.26 Å². The quantitative estimate of drug-likeness (QED) is 0.842. The van der Waals surface area contributed by atoms with E-state index in [2.05, 4.69) is 6.92 Å². The van der Waals surface area contributed by atoms with Crippen LogP contribution in [0.5, 0.6) is 0 Å². The zero-order valence-electron chi connectivity index (χ0n) is 14.6. The first kappa shape index (κ1) is 17.7. The molecule has 0 aromatic heterocycles. The highest BCUT2D eigenvalue weighted by atomic mass is 19.1. The van der Waals surface area contributed by atoms with Crippen molar-refractivity contribution < 1.29 is 13.9 Å². The Kier molecular flexibility index (Phi) is 5.54. The van der Waals surface area contributed by atoms with Crippen LogP contribution < -0.4 is 4.90 Å². The molecule has 6 heteroatoms. The molecule has 2 saturated heterocycles. The van der Waals surface area contributed by atoms with E-state index in [0.29, 0.717) is 44.4 Å². The van der Waals surface area contributed by atoms with Crippen LogP contribution in [-0.4, -0.2) is 49.2 Å². The Labute approximate surface area is 148 Å². The third-order valence-electron chi connectivity index (χ3n) is 5.08. The molecule has 1 aromatic carbocycles. The van der Waals surface area contributed by atoms with Gasteiger partial charge in [-0.3, -0.25) is 4.79 Å². The summed E-state index contributed by atoms with van der Waals surface area (Å²) in [6, 6.07) is 6.62. The molecule has 5 nitrogen and oxygen atoms in total. The van der Waals surface area contributed by atoms with Gasteiger partial charge in [-0.05, 0) is 38.3 Å². The fourth-order valence-corrected chi connectivity index (χ4v) is 3.62. The van der Waals surface area contributed by atoms with Gasteiger partial charge in [-0.25, -0.2) is 4.39 Å². The molecule has 2 fully saturated rings. The summed E-state index contributed by atoms with van der Waals surface area (Å²) < 4.78 is 19.5. The average molecular weight is 345 g/mol. The van der Waals surface area contributed by atoms with Crippen molar-refractivity contribution in [2.45, 2.75) is 44.8 Å². The number of carbonyl (C=O) groups is 1. The van der Waals surface area contributed by atoms with E-state index in [1.54, 1.807) is 12.1 Å². The van der Waals surface area contributed by atoms with Crippen molar-refractivity contribution >= 4 is 11.6 Å². The van der Waals surface area contributed by atoms with Crippen LogP contribution in [0.2, 0.25) is 0 Å². The van der Waals surface area contributed by atoms with Crippen molar-refractivity contribution in [1.82, 2.24) is 4.90 Å². The van der Waals surface area contributed by atoms with Gasteiger partial charge in [-0.2, -0.15) is 5.26 Å². The van der Waals surface area contributed by atoms with Gasteiger partial charge in [0.15, 0.2) is 0 Å². The maximum absolute atomic E-state index is 13.8. The van der Waals surface area contributed by atoms with Crippen LogP contribution in [0.1, 0.15) is 38.2 Å². The Balaban J connectivity index is 1.51. The number of nitriles is 1. The molecular weight excluding hydrogens is 321 g/mol. The van der Waals surface area contributed by atoms with Gasteiger partial charge in [0, 0.05) is 32.6 Å². The van der Waals surface area contributed by atoms with Gasteiger partial charge >= 0.3 is 0 Å². The van der Waals surface area contributed by atoms with E-state index >= 15 is 0 Å². The molecule has 0 N–H and O–H groups in total. The number of hydrogen-bond acceptors (Lipinski definition) is 4. The molecule has 0 saturated carbocycles. The lowest BCUT2D eigenvalue weighted by atomic mass is 10.1. The van der Waals surface area contributed by atoms with Crippen molar-refractivity contribution in [3.05, 3.63) is 29.6 Å². The van der Waals surface area contributed by atoms with E-state index in [4.69, 9.17) is 10.00 Å².